The Labute approximate surface area is 212 Å². The van der Waals surface area contributed by atoms with Crippen LogP contribution in [-0.2, 0) is 9.53 Å². The van der Waals surface area contributed by atoms with E-state index < -0.39 is 49.6 Å². The number of aliphatic hydroxyl groups excluding tert-OH is 1. The summed E-state index contributed by atoms with van der Waals surface area (Å²) in [5.41, 5.74) is 0.926. The van der Waals surface area contributed by atoms with Gasteiger partial charge in [-0.05, 0) is 36.9 Å². The van der Waals surface area contributed by atoms with Crippen LogP contribution < -0.4 is 10.6 Å². The number of aliphatic hydroxyl groups is 1. The van der Waals surface area contributed by atoms with Gasteiger partial charge in [-0.15, -0.1) is 0 Å². The van der Waals surface area contributed by atoms with E-state index in [0.29, 0.717) is 5.69 Å². The van der Waals surface area contributed by atoms with E-state index in [1.807, 2.05) is 0 Å². The molecule has 2 atom stereocenters. The second-order valence-corrected chi connectivity index (χ2v) is 8.98. The summed E-state index contributed by atoms with van der Waals surface area (Å²) in [5.74, 6) is -4.57. The highest BCUT2D eigenvalue weighted by Crippen LogP contribution is 2.41. The highest BCUT2D eigenvalue weighted by atomic mass is 19.3. The van der Waals surface area contributed by atoms with Gasteiger partial charge in [-0.1, -0.05) is 5.16 Å². The Kier molecular flexibility index (Phi) is 8.20. The van der Waals surface area contributed by atoms with Crippen molar-refractivity contribution in [2.24, 2.45) is 5.92 Å². The lowest BCUT2D eigenvalue weighted by molar-refractivity contribution is -0.130. The third kappa shape index (κ3) is 6.61. The van der Waals surface area contributed by atoms with Gasteiger partial charge in [-0.2, -0.15) is 5.10 Å². The predicted octanol–water partition coefficient (Wildman–Crippen LogP) is 2.11. The summed E-state index contributed by atoms with van der Waals surface area (Å²) < 4.78 is 62.4. The zero-order chi connectivity index (χ0) is 27.4. The van der Waals surface area contributed by atoms with Crippen LogP contribution in [-0.4, -0.2) is 67.4 Å². The topological polar surface area (TPSA) is 157 Å². The van der Waals surface area contributed by atoms with Crippen LogP contribution in [0.5, 0.6) is 0 Å². The Morgan fingerprint density at radius 2 is 2.00 bits per heavy atom. The Balaban J connectivity index is 1.53. The molecule has 3 aromatic rings. The minimum Gasteiger partial charge on any atom is -0.369 e. The fraction of sp³-hybridized carbons (Fsp3) is 0.545. The fourth-order valence-electron chi connectivity index (χ4n) is 4.20. The largest absolute Gasteiger partial charge is 0.369 e. The van der Waals surface area contributed by atoms with Crippen molar-refractivity contribution in [2.45, 2.75) is 57.2 Å². The number of halogens is 4. The van der Waals surface area contributed by atoms with E-state index in [2.05, 4.69) is 40.4 Å². The van der Waals surface area contributed by atoms with Gasteiger partial charge >= 0.3 is 0 Å². The van der Waals surface area contributed by atoms with Crippen molar-refractivity contribution in [2.75, 3.05) is 13.2 Å². The molecule has 4 rings (SSSR count). The molecule has 0 unspecified atom stereocenters. The summed E-state index contributed by atoms with van der Waals surface area (Å²) in [7, 11) is 0. The van der Waals surface area contributed by atoms with Crippen molar-refractivity contribution in [1.29, 1.82) is 0 Å². The van der Waals surface area contributed by atoms with Gasteiger partial charge in [-0.3, -0.25) is 9.59 Å². The maximum Gasteiger partial charge on any atom is 0.276 e. The van der Waals surface area contributed by atoms with Gasteiger partial charge < -0.3 is 20.5 Å². The van der Waals surface area contributed by atoms with Crippen molar-refractivity contribution < 1.29 is 41.6 Å². The fourth-order valence-corrected chi connectivity index (χ4v) is 4.20. The van der Waals surface area contributed by atoms with Gasteiger partial charge in [0.2, 0.25) is 11.8 Å². The predicted molar refractivity (Wildman–Crippen MR) is 119 cm³/mol. The zero-order valence-electron chi connectivity index (χ0n) is 20.1. The Morgan fingerprint density at radius 1 is 1.26 bits per heavy atom. The van der Waals surface area contributed by atoms with Crippen molar-refractivity contribution in [3.8, 4) is 0 Å². The molecule has 1 aliphatic carbocycles. The Hall–Kier alpha value is -3.66. The molecule has 3 aromatic heterocycles. The van der Waals surface area contributed by atoms with Crippen LogP contribution in [0, 0.1) is 12.8 Å². The number of nitrogens with one attached hydrogen (secondary N) is 2. The molecular formula is C22H25F4N7O5. The summed E-state index contributed by atoms with van der Waals surface area (Å²) in [6, 6.07) is 0.651. The molecule has 1 fully saturated rings. The first-order valence-corrected chi connectivity index (χ1v) is 11.7. The quantitative estimate of drug-likeness (QED) is 0.257. The van der Waals surface area contributed by atoms with E-state index in [0.717, 1.165) is 0 Å². The van der Waals surface area contributed by atoms with Crippen LogP contribution >= 0.6 is 0 Å². The monoisotopic (exact) mass is 543 g/mol. The number of carbonyl (C=O) groups is 2. The second-order valence-electron chi connectivity index (χ2n) is 8.98. The van der Waals surface area contributed by atoms with Gasteiger partial charge in [-0.25, -0.2) is 31.7 Å². The highest BCUT2D eigenvalue weighted by Gasteiger charge is 2.39. The second kappa shape index (κ2) is 11.4. The first-order valence-electron chi connectivity index (χ1n) is 11.7. The maximum absolute atomic E-state index is 13.8. The number of hydrogen-bond acceptors (Lipinski definition) is 9. The van der Waals surface area contributed by atoms with E-state index in [-0.39, 0.29) is 54.2 Å². The number of hydrogen-bond donors (Lipinski definition) is 3. The van der Waals surface area contributed by atoms with Gasteiger partial charge in [0.05, 0.1) is 24.1 Å². The first-order chi connectivity index (χ1) is 18.0. The normalized spacial score (nSPS) is 17.4. The first kappa shape index (κ1) is 27.4. The average molecular weight is 543 g/mol. The van der Waals surface area contributed by atoms with Gasteiger partial charge in [0.25, 0.3) is 12.3 Å². The SMILES string of the molecule is Cc1nonc1C(=O)N[C@H](c1cn2ncc([C@@H](O)NC(=O)COCC(F)F)cc2n1)C1CCC(F)(F)CC1. The van der Waals surface area contributed by atoms with Crippen LogP contribution in [0.4, 0.5) is 17.6 Å². The molecule has 0 saturated heterocycles. The lowest BCUT2D eigenvalue weighted by Crippen LogP contribution is -2.37. The molecule has 2 amide bonds. The van der Waals surface area contributed by atoms with Gasteiger partial charge in [0, 0.05) is 18.4 Å². The Morgan fingerprint density at radius 3 is 2.66 bits per heavy atom. The van der Waals surface area contributed by atoms with E-state index in [9.17, 15) is 32.3 Å². The molecule has 0 aliphatic heterocycles. The van der Waals surface area contributed by atoms with Gasteiger partial charge in [0.15, 0.2) is 17.6 Å². The number of nitrogens with zero attached hydrogens (tertiary/aromatic N) is 5. The summed E-state index contributed by atoms with van der Waals surface area (Å²) in [5, 5.41) is 26.6. The number of carbonyl (C=O) groups excluding carboxylic acids is 2. The van der Waals surface area contributed by atoms with Crippen molar-refractivity contribution in [1.82, 2.24) is 35.5 Å². The van der Waals surface area contributed by atoms with Crippen LogP contribution in [0.25, 0.3) is 5.65 Å². The molecule has 0 aromatic carbocycles. The minimum absolute atomic E-state index is 0.0447. The number of alkyl halides is 4. The molecule has 3 N–H and O–H groups in total. The van der Waals surface area contributed by atoms with Crippen LogP contribution in [0.3, 0.4) is 0 Å². The number of imidazole rings is 1. The molecule has 0 spiro atoms. The molecule has 16 heteroatoms. The number of aromatic nitrogens is 5. The molecular weight excluding hydrogens is 518 g/mol. The zero-order valence-corrected chi connectivity index (χ0v) is 20.1. The van der Waals surface area contributed by atoms with Gasteiger partial charge in [0.1, 0.15) is 18.9 Å². The summed E-state index contributed by atoms with van der Waals surface area (Å²) in [4.78, 5) is 29.2. The molecule has 1 saturated carbocycles. The summed E-state index contributed by atoms with van der Waals surface area (Å²) in [6.07, 6.45) is -1.89. The molecule has 206 valence electrons. The number of rotatable bonds is 10. The van der Waals surface area contributed by atoms with E-state index in [1.165, 1.54) is 29.9 Å². The number of amides is 2. The molecule has 1 aliphatic rings. The van der Waals surface area contributed by atoms with Crippen LogP contribution in [0.15, 0.2) is 23.1 Å². The smallest absolute Gasteiger partial charge is 0.276 e. The van der Waals surface area contributed by atoms with Crippen molar-refractivity contribution >= 4 is 17.5 Å². The summed E-state index contributed by atoms with van der Waals surface area (Å²) in [6.45, 7) is -0.0587. The molecule has 0 radical (unpaired) electrons. The molecule has 3 heterocycles. The van der Waals surface area contributed by atoms with E-state index in [4.69, 9.17) is 0 Å². The molecule has 0 bridgehead atoms. The molecule has 38 heavy (non-hydrogen) atoms. The van der Waals surface area contributed by atoms with E-state index >= 15 is 0 Å². The van der Waals surface area contributed by atoms with E-state index in [1.54, 1.807) is 0 Å². The average Bonchev–Trinajstić information content (AvgIpc) is 3.47. The third-order valence-electron chi connectivity index (χ3n) is 6.16. The number of aryl methyl sites for hydroxylation is 1. The Bertz CT molecular complexity index is 1270. The van der Waals surface area contributed by atoms with Crippen LogP contribution in [0.2, 0.25) is 0 Å². The van der Waals surface area contributed by atoms with Crippen molar-refractivity contribution in [3.05, 3.63) is 41.1 Å². The lowest BCUT2D eigenvalue weighted by Gasteiger charge is -2.33. The minimum atomic E-state index is -2.78. The number of fused-ring (bicyclic) bond motifs is 1. The number of ether oxygens (including phenoxy) is 1. The van der Waals surface area contributed by atoms with Crippen molar-refractivity contribution in [3.63, 3.8) is 0 Å². The summed E-state index contributed by atoms with van der Waals surface area (Å²) >= 11 is 0. The standard InChI is InChI=1S/C22H25F4N7O5/c1-11-18(32-38-31-11)21(36)30-19(12-2-4-22(25,26)5-3-12)14-8-33-16(28-14)6-13(7-27-33)20(35)29-17(34)10-37-9-15(23)24/h6-8,12,15,19-20,35H,2-5,9-10H2,1H3,(H,29,34)(H,30,36)/t19-,20+/m0/s1. The lowest BCUT2D eigenvalue weighted by atomic mass is 9.81. The third-order valence-corrected chi connectivity index (χ3v) is 6.16. The molecule has 12 nitrogen and oxygen atoms in total. The highest BCUT2D eigenvalue weighted by molar-refractivity contribution is 5.93. The maximum atomic E-state index is 13.8. The van der Waals surface area contributed by atoms with Crippen LogP contribution in [0.1, 0.15) is 65.4 Å².